The van der Waals surface area contributed by atoms with E-state index in [-0.39, 0.29) is 0 Å². The maximum atomic E-state index is 9.50. The third-order valence-electron chi connectivity index (χ3n) is 3.07. The van der Waals surface area contributed by atoms with Crippen LogP contribution in [0.4, 0.5) is 5.82 Å². The molecule has 0 aliphatic heterocycles. The molecule has 0 unspecified atom stereocenters. The SMILES string of the molecule is CSc1nc(NC[C@H](C)O)c(C#N)c(-c2ccc(C)cc2)n1. The van der Waals surface area contributed by atoms with Gasteiger partial charge >= 0.3 is 0 Å². The number of aliphatic hydroxyl groups is 1. The Morgan fingerprint density at radius 1 is 1.32 bits per heavy atom. The topological polar surface area (TPSA) is 81.8 Å². The Balaban J connectivity index is 2.54. The smallest absolute Gasteiger partial charge is 0.189 e. The third-order valence-corrected chi connectivity index (χ3v) is 3.62. The van der Waals surface area contributed by atoms with Crippen LogP contribution in [0.15, 0.2) is 29.4 Å². The Morgan fingerprint density at radius 2 is 2.00 bits per heavy atom. The molecule has 0 aliphatic rings. The maximum absolute atomic E-state index is 9.50. The Bertz CT molecular complexity index is 693. The fourth-order valence-corrected chi connectivity index (χ4v) is 2.30. The molecule has 1 heterocycles. The van der Waals surface area contributed by atoms with Crippen LogP contribution in [0, 0.1) is 18.3 Å². The summed E-state index contributed by atoms with van der Waals surface area (Å²) in [5.74, 6) is 0.457. The number of hydrogen-bond donors (Lipinski definition) is 2. The number of thioether (sulfide) groups is 1. The number of hydrogen-bond acceptors (Lipinski definition) is 6. The van der Waals surface area contributed by atoms with Crippen molar-refractivity contribution in [1.82, 2.24) is 9.97 Å². The van der Waals surface area contributed by atoms with Gasteiger partial charge in [0.2, 0.25) is 0 Å². The van der Waals surface area contributed by atoms with Crippen LogP contribution >= 0.6 is 11.8 Å². The number of nitrogens with zero attached hydrogens (tertiary/aromatic N) is 3. The Morgan fingerprint density at radius 3 is 2.55 bits per heavy atom. The van der Waals surface area contributed by atoms with Crippen molar-refractivity contribution in [3.05, 3.63) is 35.4 Å². The number of aromatic nitrogens is 2. The van der Waals surface area contributed by atoms with E-state index in [1.807, 2.05) is 37.4 Å². The Labute approximate surface area is 134 Å². The minimum absolute atomic E-state index is 0.326. The van der Waals surface area contributed by atoms with Crippen LogP contribution in [0.5, 0.6) is 0 Å². The summed E-state index contributed by atoms with van der Waals surface area (Å²) in [5, 5.41) is 22.5. The Kier molecular flexibility index (Phi) is 5.36. The van der Waals surface area contributed by atoms with E-state index in [4.69, 9.17) is 0 Å². The molecular formula is C16H18N4OS. The van der Waals surface area contributed by atoms with Crippen molar-refractivity contribution in [2.45, 2.75) is 25.1 Å². The van der Waals surface area contributed by atoms with Gasteiger partial charge in [-0.05, 0) is 20.1 Å². The van der Waals surface area contributed by atoms with Gasteiger partial charge in [-0.15, -0.1) is 0 Å². The highest BCUT2D eigenvalue weighted by atomic mass is 32.2. The molecule has 1 atom stereocenters. The molecule has 0 spiro atoms. The lowest BCUT2D eigenvalue weighted by Crippen LogP contribution is -2.17. The summed E-state index contributed by atoms with van der Waals surface area (Å²) in [6, 6.07) is 10.0. The molecule has 2 aromatic rings. The van der Waals surface area contributed by atoms with Crippen LogP contribution < -0.4 is 5.32 Å². The lowest BCUT2D eigenvalue weighted by atomic mass is 10.1. The van der Waals surface area contributed by atoms with E-state index < -0.39 is 6.10 Å². The van der Waals surface area contributed by atoms with Crippen LogP contribution in [-0.4, -0.2) is 34.0 Å². The van der Waals surface area contributed by atoms with Crippen molar-refractivity contribution in [2.24, 2.45) is 0 Å². The zero-order valence-electron chi connectivity index (χ0n) is 12.8. The molecule has 0 saturated heterocycles. The summed E-state index contributed by atoms with van der Waals surface area (Å²) in [5.41, 5.74) is 3.02. The highest BCUT2D eigenvalue weighted by molar-refractivity contribution is 7.98. The first kappa shape index (κ1) is 16.3. The second-order valence-electron chi connectivity index (χ2n) is 4.99. The van der Waals surface area contributed by atoms with E-state index in [0.717, 1.165) is 11.1 Å². The first-order chi connectivity index (χ1) is 10.5. The molecule has 1 aromatic heterocycles. The number of rotatable bonds is 5. The van der Waals surface area contributed by atoms with E-state index in [0.29, 0.717) is 28.8 Å². The molecule has 2 N–H and O–H groups in total. The van der Waals surface area contributed by atoms with E-state index >= 15 is 0 Å². The van der Waals surface area contributed by atoms with Gasteiger partial charge in [0, 0.05) is 12.1 Å². The van der Waals surface area contributed by atoms with Crippen LogP contribution in [0.3, 0.4) is 0 Å². The van der Waals surface area contributed by atoms with Crippen molar-refractivity contribution in [1.29, 1.82) is 5.26 Å². The summed E-state index contributed by atoms with van der Waals surface area (Å²) in [6.45, 7) is 4.02. The fraction of sp³-hybridized carbons (Fsp3) is 0.312. The van der Waals surface area contributed by atoms with Gasteiger partial charge in [-0.2, -0.15) is 5.26 Å². The highest BCUT2D eigenvalue weighted by Crippen LogP contribution is 2.28. The van der Waals surface area contributed by atoms with Gasteiger partial charge in [0.15, 0.2) is 5.16 Å². The minimum atomic E-state index is -0.526. The average Bonchev–Trinajstić information content (AvgIpc) is 2.52. The van der Waals surface area contributed by atoms with E-state index in [2.05, 4.69) is 21.4 Å². The van der Waals surface area contributed by atoms with Crippen molar-refractivity contribution in [3.8, 4) is 17.3 Å². The van der Waals surface area contributed by atoms with Crippen molar-refractivity contribution < 1.29 is 5.11 Å². The lowest BCUT2D eigenvalue weighted by molar-refractivity contribution is 0.208. The van der Waals surface area contributed by atoms with Gasteiger partial charge in [0.25, 0.3) is 0 Å². The predicted octanol–water partition coefficient (Wildman–Crippen LogP) is 2.84. The van der Waals surface area contributed by atoms with Gasteiger partial charge in [0.05, 0.1) is 11.8 Å². The van der Waals surface area contributed by atoms with Crippen LogP contribution in [-0.2, 0) is 0 Å². The molecular weight excluding hydrogens is 296 g/mol. The normalized spacial score (nSPS) is 11.8. The number of anilines is 1. The molecule has 1 aromatic carbocycles. The second-order valence-corrected chi connectivity index (χ2v) is 5.76. The summed E-state index contributed by atoms with van der Waals surface area (Å²) < 4.78 is 0. The first-order valence-corrected chi connectivity index (χ1v) is 8.12. The molecule has 0 saturated carbocycles. The molecule has 6 heteroatoms. The zero-order valence-corrected chi connectivity index (χ0v) is 13.6. The van der Waals surface area contributed by atoms with E-state index in [1.165, 1.54) is 11.8 Å². The predicted molar refractivity (Wildman–Crippen MR) is 88.9 cm³/mol. The van der Waals surface area contributed by atoms with E-state index in [9.17, 15) is 10.4 Å². The monoisotopic (exact) mass is 314 g/mol. The second kappa shape index (κ2) is 7.25. The summed E-state index contributed by atoms with van der Waals surface area (Å²) in [7, 11) is 0. The molecule has 5 nitrogen and oxygen atoms in total. The van der Waals surface area contributed by atoms with Gasteiger partial charge in [-0.1, -0.05) is 41.6 Å². The molecule has 0 radical (unpaired) electrons. The lowest BCUT2D eigenvalue weighted by Gasteiger charge is -2.13. The van der Waals surface area contributed by atoms with Gasteiger partial charge in [0.1, 0.15) is 17.5 Å². The molecule has 0 bridgehead atoms. The third kappa shape index (κ3) is 3.75. The largest absolute Gasteiger partial charge is 0.392 e. The number of aliphatic hydroxyl groups excluding tert-OH is 1. The van der Waals surface area contributed by atoms with Crippen molar-refractivity contribution in [2.75, 3.05) is 18.1 Å². The minimum Gasteiger partial charge on any atom is -0.392 e. The molecule has 2 rings (SSSR count). The number of benzene rings is 1. The average molecular weight is 314 g/mol. The summed E-state index contributed by atoms with van der Waals surface area (Å²) in [4.78, 5) is 8.82. The summed E-state index contributed by atoms with van der Waals surface area (Å²) in [6.07, 6.45) is 1.36. The quantitative estimate of drug-likeness (QED) is 0.652. The molecule has 22 heavy (non-hydrogen) atoms. The van der Waals surface area contributed by atoms with Gasteiger partial charge < -0.3 is 10.4 Å². The number of nitrogens with one attached hydrogen (secondary N) is 1. The fourth-order valence-electron chi connectivity index (χ4n) is 1.93. The standard InChI is InChI=1S/C16H18N4OS/c1-10-4-6-12(7-5-10)14-13(8-17)15(18-9-11(2)21)20-16(19-14)22-3/h4-7,11,21H,9H2,1-3H3,(H,18,19,20)/t11-/m0/s1. The van der Waals surface area contributed by atoms with Crippen LogP contribution in [0.2, 0.25) is 0 Å². The van der Waals surface area contributed by atoms with Crippen molar-refractivity contribution in [3.63, 3.8) is 0 Å². The van der Waals surface area contributed by atoms with Crippen molar-refractivity contribution >= 4 is 17.6 Å². The molecule has 0 amide bonds. The van der Waals surface area contributed by atoms with Crippen LogP contribution in [0.25, 0.3) is 11.3 Å². The van der Waals surface area contributed by atoms with Crippen LogP contribution in [0.1, 0.15) is 18.1 Å². The first-order valence-electron chi connectivity index (χ1n) is 6.90. The maximum Gasteiger partial charge on any atom is 0.189 e. The van der Waals surface area contributed by atoms with Gasteiger partial charge in [-0.3, -0.25) is 0 Å². The summed E-state index contributed by atoms with van der Waals surface area (Å²) >= 11 is 1.41. The zero-order chi connectivity index (χ0) is 16.1. The molecule has 114 valence electrons. The van der Waals surface area contributed by atoms with Gasteiger partial charge in [-0.25, -0.2) is 9.97 Å². The number of aryl methyl sites for hydroxylation is 1. The van der Waals surface area contributed by atoms with E-state index in [1.54, 1.807) is 6.92 Å². The number of nitriles is 1. The molecule has 0 fully saturated rings. The molecule has 0 aliphatic carbocycles. The highest BCUT2D eigenvalue weighted by Gasteiger charge is 2.16. The Hall–Kier alpha value is -2.10.